The molecule has 1 amide bonds. The van der Waals surface area contributed by atoms with Gasteiger partial charge in [-0.25, -0.2) is 0 Å². The molecule has 2 aromatic rings. The summed E-state index contributed by atoms with van der Waals surface area (Å²) in [7, 11) is 0. The number of aromatic nitrogens is 1. The molecule has 1 aromatic heterocycles. The van der Waals surface area contributed by atoms with E-state index in [0.29, 0.717) is 5.69 Å². The van der Waals surface area contributed by atoms with Crippen molar-refractivity contribution in [2.75, 3.05) is 0 Å². The standard InChI is InChI=1S/C14H12N2O4/c15-13(18)12(14(19)20)9-5-1-2-6-10(9)16-8-4-3-7-11(16)17/h1-8,12H,(H2,15,18)(H,19,20). The molecule has 0 aliphatic heterocycles. The number of amides is 1. The number of hydrogen-bond donors (Lipinski definition) is 2. The number of carboxylic acid groups (broad SMARTS) is 1. The molecule has 1 aromatic carbocycles. The van der Waals surface area contributed by atoms with Gasteiger partial charge in [0.1, 0.15) is 0 Å². The minimum absolute atomic E-state index is 0.181. The molecule has 0 saturated heterocycles. The Morgan fingerprint density at radius 1 is 1.10 bits per heavy atom. The number of nitrogens with two attached hydrogens (primary N) is 1. The van der Waals surface area contributed by atoms with Crippen LogP contribution in [0.15, 0.2) is 53.5 Å². The molecule has 0 saturated carbocycles. The zero-order valence-corrected chi connectivity index (χ0v) is 10.4. The smallest absolute Gasteiger partial charge is 0.320 e. The summed E-state index contributed by atoms with van der Waals surface area (Å²) in [5, 5.41) is 9.15. The molecule has 1 heterocycles. The van der Waals surface area contributed by atoms with Crippen LogP contribution in [0.4, 0.5) is 0 Å². The van der Waals surface area contributed by atoms with E-state index in [2.05, 4.69) is 0 Å². The van der Waals surface area contributed by atoms with E-state index in [-0.39, 0.29) is 11.1 Å². The first kappa shape index (κ1) is 13.5. The van der Waals surface area contributed by atoms with Gasteiger partial charge in [0.15, 0.2) is 5.92 Å². The molecule has 20 heavy (non-hydrogen) atoms. The highest BCUT2D eigenvalue weighted by atomic mass is 16.4. The normalized spacial score (nSPS) is 11.8. The Kier molecular flexibility index (Phi) is 3.65. The van der Waals surface area contributed by atoms with Crippen LogP contribution < -0.4 is 11.3 Å². The number of hydrogen-bond acceptors (Lipinski definition) is 3. The lowest BCUT2D eigenvalue weighted by Crippen LogP contribution is -2.30. The highest BCUT2D eigenvalue weighted by Crippen LogP contribution is 2.22. The van der Waals surface area contributed by atoms with Gasteiger partial charge in [-0.15, -0.1) is 0 Å². The van der Waals surface area contributed by atoms with Crippen molar-refractivity contribution in [3.8, 4) is 5.69 Å². The molecule has 1 unspecified atom stereocenters. The highest BCUT2D eigenvalue weighted by Gasteiger charge is 2.28. The van der Waals surface area contributed by atoms with Crippen LogP contribution in [0.2, 0.25) is 0 Å². The average Bonchev–Trinajstić information content (AvgIpc) is 2.39. The Morgan fingerprint density at radius 3 is 2.35 bits per heavy atom. The number of carboxylic acids is 1. The van der Waals surface area contributed by atoms with Gasteiger partial charge in [-0.2, -0.15) is 0 Å². The molecular formula is C14H12N2O4. The van der Waals surface area contributed by atoms with Gasteiger partial charge in [-0.05, 0) is 17.7 Å². The number of pyridine rings is 1. The summed E-state index contributed by atoms with van der Waals surface area (Å²) >= 11 is 0. The number of primary amides is 1. The minimum atomic E-state index is -1.50. The first-order valence-corrected chi connectivity index (χ1v) is 5.81. The molecule has 6 heteroatoms. The fraction of sp³-hybridized carbons (Fsp3) is 0.0714. The average molecular weight is 272 g/mol. The maximum atomic E-state index is 11.8. The van der Waals surface area contributed by atoms with Crippen LogP contribution in [0.5, 0.6) is 0 Å². The van der Waals surface area contributed by atoms with Crippen LogP contribution in [0.3, 0.4) is 0 Å². The van der Waals surface area contributed by atoms with Crippen molar-refractivity contribution in [1.29, 1.82) is 0 Å². The number of aliphatic carboxylic acids is 1. The quantitative estimate of drug-likeness (QED) is 0.790. The SMILES string of the molecule is NC(=O)C(C(=O)O)c1ccccc1-n1ccccc1=O. The number of carbonyl (C=O) groups excluding carboxylic acids is 1. The molecule has 0 aliphatic carbocycles. The van der Waals surface area contributed by atoms with E-state index in [1.165, 1.54) is 22.9 Å². The summed E-state index contributed by atoms with van der Waals surface area (Å²) in [6.45, 7) is 0. The molecule has 1 atom stereocenters. The van der Waals surface area contributed by atoms with Gasteiger partial charge in [0.05, 0.1) is 5.69 Å². The van der Waals surface area contributed by atoms with Crippen molar-refractivity contribution in [1.82, 2.24) is 4.57 Å². The molecule has 0 fully saturated rings. The number of rotatable bonds is 4. The van der Waals surface area contributed by atoms with Crippen molar-refractivity contribution in [3.05, 3.63) is 64.6 Å². The molecule has 6 nitrogen and oxygen atoms in total. The summed E-state index contributed by atoms with van der Waals surface area (Å²) in [4.78, 5) is 34.4. The Hall–Kier alpha value is -2.89. The molecular weight excluding hydrogens is 260 g/mol. The first-order chi connectivity index (χ1) is 9.52. The van der Waals surface area contributed by atoms with Gasteiger partial charge in [0, 0.05) is 12.3 Å². The maximum Gasteiger partial charge on any atom is 0.320 e. The van der Waals surface area contributed by atoms with Gasteiger partial charge >= 0.3 is 5.97 Å². The lowest BCUT2D eigenvalue weighted by atomic mass is 9.96. The van der Waals surface area contributed by atoms with Crippen molar-refractivity contribution in [3.63, 3.8) is 0 Å². The fourth-order valence-electron chi connectivity index (χ4n) is 1.99. The van der Waals surface area contributed by atoms with E-state index in [0.717, 1.165) is 0 Å². The molecule has 0 bridgehead atoms. The monoisotopic (exact) mass is 272 g/mol. The minimum Gasteiger partial charge on any atom is -0.480 e. The van der Waals surface area contributed by atoms with Crippen molar-refractivity contribution >= 4 is 11.9 Å². The number of carbonyl (C=O) groups is 2. The molecule has 0 spiro atoms. The van der Waals surface area contributed by atoms with Crippen LogP contribution in [0.1, 0.15) is 11.5 Å². The third-order valence-electron chi connectivity index (χ3n) is 2.86. The second kappa shape index (κ2) is 5.40. The van der Waals surface area contributed by atoms with Crippen LogP contribution in [0.25, 0.3) is 5.69 Å². The van der Waals surface area contributed by atoms with E-state index in [9.17, 15) is 14.4 Å². The van der Waals surface area contributed by atoms with Gasteiger partial charge in [0.2, 0.25) is 5.91 Å². The van der Waals surface area contributed by atoms with Crippen LogP contribution >= 0.6 is 0 Å². The largest absolute Gasteiger partial charge is 0.480 e. The number of para-hydroxylation sites is 1. The van der Waals surface area contributed by atoms with E-state index in [1.807, 2.05) is 0 Å². The Morgan fingerprint density at radius 2 is 1.75 bits per heavy atom. The van der Waals surface area contributed by atoms with E-state index in [1.54, 1.807) is 30.3 Å². The van der Waals surface area contributed by atoms with Crippen LogP contribution in [-0.2, 0) is 9.59 Å². The Bertz CT molecular complexity index is 707. The van der Waals surface area contributed by atoms with Gasteiger partial charge in [0.25, 0.3) is 5.56 Å². The second-order valence-corrected chi connectivity index (χ2v) is 4.14. The van der Waals surface area contributed by atoms with Crippen molar-refractivity contribution in [2.24, 2.45) is 5.73 Å². The maximum absolute atomic E-state index is 11.8. The topological polar surface area (TPSA) is 102 Å². The molecule has 0 radical (unpaired) electrons. The first-order valence-electron chi connectivity index (χ1n) is 5.81. The van der Waals surface area contributed by atoms with Gasteiger partial charge in [-0.1, -0.05) is 24.3 Å². The summed E-state index contributed by atoms with van der Waals surface area (Å²) in [6, 6.07) is 10.8. The van der Waals surface area contributed by atoms with Crippen LogP contribution in [0, 0.1) is 0 Å². The van der Waals surface area contributed by atoms with Gasteiger partial charge < -0.3 is 10.8 Å². The molecule has 102 valence electrons. The Labute approximate surface area is 114 Å². The van der Waals surface area contributed by atoms with Crippen molar-refractivity contribution < 1.29 is 14.7 Å². The predicted octanol–water partition coefficient (Wildman–Crippen LogP) is 0.491. The molecule has 0 aliphatic rings. The zero-order chi connectivity index (χ0) is 14.7. The number of benzene rings is 1. The number of nitrogens with zero attached hydrogens (tertiary/aromatic N) is 1. The fourth-order valence-corrected chi connectivity index (χ4v) is 1.99. The van der Waals surface area contributed by atoms with Gasteiger partial charge in [-0.3, -0.25) is 19.0 Å². The predicted molar refractivity (Wildman–Crippen MR) is 71.6 cm³/mol. The lowest BCUT2D eigenvalue weighted by molar-refractivity contribution is -0.142. The third-order valence-corrected chi connectivity index (χ3v) is 2.86. The zero-order valence-electron chi connectivity index (χ0n) is 10.4. The summed E-state index contributed by atoms with van der Waals surface area (Å²) in [5.74, 6) is -3.83. The van der Waals surface area contributed by atoms with E-state index >= 15 is 0 Å². The van der Waals surface area contributed by atoms with E-state index in [4.69, 9.17) is 10.8 Å². The van der Waals surface area contributed by atoms with E-state index < -0.39 is 17.8 Å². The summed E-state index contributed by atoms with van der Waals surface area (Å²) < 4.78 is 1.27. The lowest BCUT2D eigenvalue weighted by Gasteiger charge is -2.15. The molecule has 2 rings (SSSR count). The summed E-state index contributed by atoms with van der Waals surface area (Å²) in [6.07, 6.45) is 1.50. The molecule has 3 N–H and O–H groups in total. The van der Waals surface area contributed by atoms with Crippen molar-refractivity contribution in [2.45, 2.75) is 5.92 Å². The summed E-state index contributed by atoms with van der Waals surface area (Å²) in [5.41, 5.74) is 5.33. The van der Waals surface area contributed by atoms with Crippen LogP contribution in [-0.4, -0.2) is 21.6 Å². The highest BCUT2D eigenvalue weighted by molar-refractivity contribution is 6.02. The third kappa shape index (κ3) is 2.44. The second-order valence-electron chi connectivity index (χ2n) is 4.14. The Balaban J connectivity index is 2.68.